The van der Waals surface area contributed by atoms with Gasteiger partial charge < -0.3 is 32.1 Å². The molecule has 0 aliphatic carbocycles. The highest BCUT2D eigenvalue weighted by atomic mass is 16.3. The molecule has 0 rings (SSSR count). The lowest BCUT2D eigenvalue weighted by atomic mass is 10.1. The Morgan fingerprint density at radius 2 is 1.18 bits per heavy atom. The fourth-order valence-electron chi connectivity index (χ4n) is 4.82. The number of hydrogen-bond acceptors (Lipinski definition) is 9. The Hall–Kier alpha value is -0.850. The van der Waals surface area contributed by atoms with E-state index in [0.717, 1.165) is 116 Å². The summed E-state index contributed by atoms with van der Waals surface area (Å²) in [5, 5.41) is 43.0. The smallest absolute Gasteiger partial charge is 0.220 e. The number of aliphatic hydroxyl groups excluding tert-OH is 3. The van der Waals surface area contributed by atoms with Crippen LogP contribution in [0.25, 0.3) is 0 Å². The number of unbranched alkanes of at least 4 members (excludes halogenated alkanes) is 10. The van der Waals surface area contributed by atoms with Crippen molar-refractivity contribution < 1.29 is 20.1 Å². The standard InChI is InChI=1S/C30H66N6O4/c1-25(17-11-13-21-31)35-28(38)19-9-5-4-8-16-24-34-30(40)27(18-12-14-22-32)36-29(39)20-10-6-3-7-15-23-33-26(2)37/h25-27,29-30,33-34,36-37,39-40H,3-24,31-32H2,1-2H3,(H,35,38). The van der Waals surface area contributed by atoms with Gasteiger partial charge in [-0.3, -0.25) is 20.7 Å². The third-order valence-corrected chi connectivity index (χ3v) is 7.28. The Balaban J connectivity index is 4.01. The molecule has 11 N–H and O–H groups in total. The van der Waals surface area contributed by atoms with Gasteiger partial charge in [0.2, 0.25) is 5.91 Å². The Morgan fingerprint density at radius 3 is 1.80 bits per heavy atom. The van der Waals surface area contributed by atoms with E-state index in [9.17, 15) is 20.1 Å². The molecule has 0 spiro atoms. The molecule has 5 atom stereocenters. The van der Waals surface area contributed by atoms with Crippen LogP contribution in [0.4, 0.5) is 0 Å². The van der Waals surface area contributed by atoms with E-state index in [-0.39, 0.29) is 18.0 Å². The predicted molar refractivity (Wildman–Crippen MR) is 165 cm³/mol. The largest absolute Gasteiger partial charge is 0.379 e. The minimum atomic E-state index is -0.718. The zero-order valence-electron chi connectivity index (χ0n) is 25.8. The van der Waals surface area contributed by atoms with Crippen molar-refractivity contribution in [2.75, 3.05) is 26.2 Å². The molecule has 0 aromatic carbocycles. The maximum atomic E-state index is 12.1. The Labute approximate surface area is 245 Å². The maximum absolute atomic E-state index is 12.1. The topological polar surface area (TPSA) is 178 Å². The summed E-state index contributed by atoms with van der Waals surface area (Å²) in [7, 11) is 0. The van der Waals surface area contributed by atoms with E-state index in [2.05, 4.69) is 28.2 Å². The number of nitrogens with one attached hydrogen (secondary N) is 4. The lowest BCUT2D eigenvalue weighted by Gasteiger charge is -2.28. The van der Waals surface area contributed by atoms with Gasteiger partial charge in [-0.2, -0.15) is 0 Å². The van der Waals surface area contributed by atoms with Crippen LogP contribution in [0.3, 0.4) is 0 Å². The lowest BCUT2D eigenvalue weighted by Crippen LogP contribution is -2.51. The van der Waals surface area contributed by atoms with E-state index in [0.29, 0.717) is 25.9 Å². The SMILES string of the molecule is CC(O)NCCCCCCCC(O)NC(CCCCN)C(O)NCCCCCCCC(=O)NC(C)CCCCN. The minimum Gasteiger partial charge on any atom is -0.379 e. The molecule has 0 heterocycles. The Morgan fingerprint density at radius 1 is 0.650 bits per heavy atom. The minimum absolute atomic E-state index is 0.141. The first-order valence-electron chi connectivity index (χ1n) is 16.3. The summed E-state index contributed by atoms with van der Waals surface area (Å²) in [5.74, 6) is 0.141. The molecule has 0 saturated carbocycles. The van der Waals surface area contributed by atoms with Gasteiger partial charge >= 0.3 is 0 Å². The van der Waals surface area contributed by atoms with Crippen molar-refractivity contribution in [1.82, 2.24) is 21.3 Å². The van der Waals surface area contributed by atoms with Crippen LogP contribution in [0.2, 0.25) is 0 Å². The summed E-state index contributed by atoms with van der Waals surface area (Å²) in [6.07, 6.45) is 15.3. The summed E-state index contributed by atoms with van der Waals surface area (Å²) < 4.78 is 0. The molecule has 10 nitrogen and oxygen atoms in total. The van der Waals surface area contributed by atoms with Gasteiger partial charge in [0.15, 0.2) is 0 Å². The van der Waals surface area contributed by atoms with Crippen LogP contribution in [0, 0.1) is 0 Å². The molecule has 5 unspecified atom stereocenters. The van der Waals surface area contributed by atoms with Gasteiger partial charge in [-0.25, -0.2) is 0 Å². The molecular weight excluding hydrogens is 508 g/mol. The predicted octanol–water partition coefficient (Wildman–Crippen LogP) is 2.54. The fourth-order valence-corrected chi connectivity index (χ4v) is 4.82. The molecule has 0 fully saturated rings. The first-order chi connectivity index (χ1) is 19.3. The van der Waals surface area contributed by atoms with E-state index in [1.807, 2.05) is 0 Å². The van der Waals surface area contributed by atoms with Gasteiger partial charge in [0.1, 0.15) is 18.7 Å². The van der Waals surface area contributed by atoms with Gasteiger partial charge in [-0.15, -0.1) is 0 Å². The normalized spacial score (nSPS) is 15.5. The molecular formula is C30H66N6O4. The summed E-state index contributed by atoms with van der Waals surface area (Å²) in [4.78, 5) is 12.1. The van der Waals surface area contributed by atoms with Crippen molar-refractivity contribution >= 4 is 5.91 Å². The molecule has 0 aliphatic heterocycles. The molecule has 0 saturated heterocycles. The zero-order chi connectivity index (χ0) is 29.8. The second kappa shape index (κ2) is 28.3. The zero-order valence-corrected chi connectivity index (χ0v) is 25.8. The number of aliphatic hydroxyl groups is 3. The third kappa shape index (κ3) is 26.1. The average molecular weight is 575 g/mol. The van der Waals surface area contributed by atoms with Crippen LogP contribution in [0.1, 0.15) is 129 Å². The lowest BCUT2D eigenvalue weighted by molar-refractivity contribution is -0.121. The fraction of sp³-hybridized carbons (Fsp3) is 0.967. The Kier molecular flexibility index (Phi) is 27.7. The second-order valence-electron chi connectivity index (χ2n) is 11.4. The average Bonchev–Trinajstić information content (AvgIpc) is 2.91. The first-order valence-corrected chi connectivity index (χ1v) is 16.3. The van der Waals surface area contributed by atoms with Crippen LogP contribution in [-0.4, -0.2) is 78.2 Å². The van der Waals surface area contributed by atoms with Crippen molar-refractivity contribution in [3.63, 3.8) is 0 Å². The van der Waals surface area contributed by atoms with Crippen molar-refractivity contribution in [2.45, 2.75) is 160 Å². The number of carbonyl (C=O) groups is 1. The third-order valence-electron chi connectivity index (χ3n) is 7.28. The van der Waals surface area contributed by atoms with Crippen molar-refractivity contribution in [3.8, 4) is 0 Å². The molecule has 240 valence electrons. The van der Waals surface area contributed by atoms with Gasteiger partial charge in [0.05, 0.1) is 0 Å². The van der Waals surface area contributed by atoms with Gasteiger partial charge in [-0.05, 0) is 97.8 Å². The number of rotatable bonds is 30. The van der Waals surface area contributed by atoms with Crippen molar-refractivity contribution in [2.24, 2.45) is 11.5 Å². The summed E-state index contributed by atoms with van der Waals surface area (Å²) in [6, 6.07) is -0.00379. The summed E-state index contributed by atoms with van der Waals surface area (Å²) >= 11 is 0. The molecule has 0 aliphatic rings. The van der Waals surface area contributed by atoms with Crippen LogP contribution < -0.4 is 32.7 Å². The highest BCUT2D eigenvalue weighted by molar-refractivity contribution is 5.76. The second-order valence-corrected chi connectivity index (χ2v) is 11.4. The molecule has 0 aromatic rings. The molecule has 0 bridgehead atoms. The number of nitrogens with two attached hydrogens (primary N) is 2. The van der Waals surface area contributed by atoms with E-state index < -0.39 is 18.7 Å². The molecule has 0 radical (unpaired) electrons. The molecule has 40 heavy (non-hydrogen) atoms. The molecule has 0 aromatic heterocycles. The van der Waals surface area contributed by atoms with Crippen molar-refractivity contribution in [3.05, 3.63) is 0 Å². The van der Waals surface area contributed by atoms with Crippen LogP contribution in [0.5, 0.6) is 0 Å². The van der Waals surface area contributed by atoms with Gasteiger partial charge in [0.25, 0.3) is 0 Å². The molecule has 10 heteroatoms. The van der Waals surface area contributed by atoms with Crippen LogP contribution in [0.15, 0.2) is 0 Å². The Bertz CT molecular complexity index is 558. The van der Waals surface area contributed by atoms with E-state index in [4.69, 9.17) is 11.5 Å². The summed E-state index contributed by atoms with van der Waals surface area (Å²) in [5.41, 5.74) is 11.2. The highest BCUT2D eigenvalue weighted by Gasteiger charge is 2.20. The molecule has 1 amide bonds. The summed E-state index contributed by atoms with van der Waals surface area (Å²) in [6.45, 7) is 6.66. The van der Waals surface area contributed by atoms with E-state index in [1.165, 1.54) is 0 Å². The monoisotopic (exact) mass is 575 g/mol. The van der Waals surface area contributed by atoms with Gasteiger partial charge in [0, 0.05) is 18.5 Å². The number of hydrogen-bond donors (Lipinski definition) is 9. The van der Waals surface area contributed by atoms with E-state index >= 15 is 0 Å². The van der Waals surface area contributed by atoms with Crippen molar-refractivity contribution in [1.29, 1.82) is 0 Å². The quantitative estimate of drug-likeness (QED) is 0.0460. The highest BCUT2D eigenvalue weighted by Crippen LogP contribution is 2.11. The van der Waals surface area contributed by atoms with Gasteiger partial charge in [-0.1, -0.05) is 51.4 Å². The van der Waals surface area contributed by atoms with E-state index in [1.54, 1.807) is 6.92 Å². The first kappa shape index (κ1) is 39.1. The van der Waals surface area contributed by atoms with Crippen LogP contribution in [-0.2, 0) is 4.79 Å². The van der Waals surface area contributed by atoms with Crippen LogP contribution >= 0.6 is 0 Å². The number of carbonyl (C=O) groups excluding carboxylic acids is 1. The number of amides is 1. The maximum Gasteiger partial charge on any atom is 0.220 e.